The van der Waals surface area contributed by atoms with Crippen LogP contribution < -0.4 is 0 Å². The minimum atomic E-state index is -7.16. The fourth-order valence-corrected chi connectivity index (χ4v) is 13.3. The van der Waals surface area contributed by atoms with Crippen LogP contribution >= 0.6 is 7.26 Å². The molecule has 0 bridgehead atoms. The third kappa shape index (κ3) is 15.0. The predicted octanol–water partition coefficient (Wildman–Crippen LogP) is 9.35. The summed E-state index contributed by atoms with van der Waals surface area (Å²) < 4.78 is 127. The molecular weight excluding hydrogens is 639 g/mol. The van der Waals surface area contributed by atoms with Crippen LogP contribution in [0.4, 0.5) is 26.3 Å². The van der Waals surface area contributed by atoms with Gasteiger partial charge in [-0.1, -0.05) is 0 Å². The van der Waals surface area contributed by atoms with Crippen LogP contribution in [0.3, 0.4) is 0 Å². The second kappa shape index (κ2) is 20.5. The molecular formula is C28H54F6NO5PS2. The van der Waals surface area contributed by atoms with Crippen molar-refractivity contribution in [3.8, 4) is 0 Å². The fourth-order valence-electron chi connectivity index (χ4n) is 5.45. The molecule has 0 spiro atoms. The van der Waals surface area contributed by atoms with E-state index in [1.54, 1.807) is 0 Å². The summed E-state index contributed by atoms with van der Waals surface area (Å²) in [5.41, 5.74) is -12.8. The van der Waals surface area contributed by atoms with Gasteiger partial charge in [-0.25, -0.2) is 0 Å². The zero-order chi connectivity index (χ0) is 33.2. The Labute approximate surface area is 256 Å². The Balaban J connectivity index is 6.43. The zero-order valence-corrected chi connectivity index (χ0v) is 28.8. The molecule has 260 valence electrons. The number of unbranched alkanes of at least 4 members (excludes halogenated alkanes) is 15. The van der Waals surface area contributed by atoms with E-state index in [1.165, 1.54) is 0 Å². The molecule has 6 nitrogen and oxygen atoms in total. The molecule has 0 aliphatic carbocycles. The molecule has 0 N–H and O–H groups in total. The fraction of sp³-hybridized carbons (Fsp3) is 0.964. The maximum atomic E-state index is 13.4. The van der Waals surface area contributed by atoms with Crippen molar-refractivity contribution in [1.82, 2.24) is 3.71 Å². The molecule has 15 heteroatoms. The van der Waals surface area contributed by atoms with Gasteiger partial charge in [0.1, 0.15) is 0 Å². The Morgan fingerprint density at radius 1 is 0.512 bits per heavy atom. The van der Waals surface area contributed by atoms with Gasteiger partial charge in [0.2, 0.25) is 0 Å². The number of carbonyl (C=O) groups excluding carboxylic acids is 1. The molecule has 0 heterocycles. The first-order valence-electron chi connectivity index (χ1n) is 15.9. The molecule has 1 amide bonds. The molecule has 0 saturated carbocycles. The molecule has 0 aliphatic heterocycles. The second-order valence-corrected chi connectivity index (χ2v) is 20.4. The minimum absolute atomic E-state index is 0.417. The first-order valence-corrected chi connectivity index (χ1v) is 21.6. The van der Waals surface area contributed by atoms with Gasteiger partial charge in [-0.3, -0.25) is 0 Å². The first-order chi connectivity index (χ1) is 19.9. The second-order valence-electron chi connectivity index (χ2n) is 11.7. The Morgan fingerprint density at radius 2 is 0.767 bits per heavy atom. The van der Waals surface area contributed by atoms with Gasteiger partial charge in [0, 0.05) is 0 Å². The van der Waals surface area contributed by atoms with Gasteiger partial charge in [-0.05, 0) is 0 Å². The van der Waals surface area contributed by atoms with Gasteiger partial charge in [-0.2, -0.15) is 0 Å². The summed E-state index contributed by atoms with van der Waals surface area (Å²) >= 11 is 0. The van der Waals surface area contributed by atoms with E-state index in [0.29, 0.717) is 37.7 Å². The average Bonchev–Trinajstić information content (AvgIpc) is 2.88. The number of carbonyl (C=O) groups is 1. The van der Waals surface area contributed by atoms with E-state index in [1.807, 2.05) is 0 Å². The normalized spacial score (nSPS) is 13.8. The summed E-state index contributed by atoms with van der Waals surface area (Å²) in [6.07, 6.45) is 16.2. The summed E-state index contributed by atoms with van der Waals surface area (Å²) in [5, 5.41) is 0. The molecule has 0 aromatic heterocycles. The van der Waals surface area contributed by atoms with Crippen molar-refractivity contribution < 1.29 is 48.0 Å². The van der Waals surface area contributed by atoms with Crippen molar-refractivity contribution >= 4 is 33.2 Å². The van der Waals surface area contributed by atoms with Crippen molar-refractivity contribution in [2.24, 2.45) is 0 Å². The van der Waals surface area contributed by atoms with Crippen molar-refractivity contribution in [2.45, 2.75) is 147 Å². The van der Waals surface area contributed by atoms with Crippen molar-refractivity contribution in [2.75, 3.05) is 24.6 Å². The number of sulfonamides is 2. The van der Waals surface area contributed by atoms with Crippen LogP contribution in [0.5, 0.6) is 0 Å². The van der Waals surface area contributed by atoms with Crippen molar-refractivity contribution in [3.63, 3.8) is 0 Å². The van der Waals surface area contributed by atoms with Crippen LogP contribution in [0.1, 0.15) is 136 Å². The van der Waals surface area contributed by atoms with Crippen LogP contribution in [0, 0.1) is 0 Å². The van der Waals surface area contributed by atoms with Crippen molar-refractivity contribution in [1.29, 1.82) is 0 Å². The van der Waals surface area contributed by atoms with Gasteiger partial charge in [-0.15, -0.1) is 0 Å². The Hall–Kier alpha value is -0.620. The molecule has 0 radical (unpaired) electrons. The van der Waals surface area contributed by atoms with E-state index < -0.39 is 54.1 Å². The van der Waals surface area contributed by atoms with E-state index in [2.05, 4.69) is 20.8 Å². The van der Waals surface area contributed by atoms with Crippen LogP contribution in [-0.4, -0.2) is 62.1 Å². The van der Waals surface area contributed by atoms with Gasteiger partial charge in [0.05, 0.1) is 0 Å². The number of amides is 1. The third-order valence-electron chi connectivity index (χ3n) is 7.93. The summed E-state index contributed by atoms with van der Waals surface area (Å²) in [5.74, 6) is -2.15. The van der Waals surface area contributed by atoms with Crippen LogP contribution in [0.2, 0.25) is 0 Å². The monoisotopic (exact) mass is 693 g/mol. The standard InChI is InChI=1S/C28H54F6NO5PS2/c1-4-7-10-13-16-19-22-41(23-20-17-14-11-8-5-2,24-21-18-15-12-9-6-3)25-26(36)35(42(37,38)27(29,30)31)43(39,40)28(32,33)34/h41H,4-25H2,1-3H3. The number of halogens is 6. The van der Waals surface area contributed by atoms with Gasteiger partial charge in [0.15, 0.2) is 0 Å². The average molecular weight is 694 g/mol. The third-order valence-corrected chi connectivity index (χ3v) is 16.9. The number of rotatable bonds is 25. The quantitative estimate of drug-likeness (QED) is 0.0540. The number of nitrogens with zero attached hydrogens (tertiary/aromatic N) is 1. The topological polar surface area (TPSA) is 88.6 Å². The summed E-state index contributed by atoms with van der Waals surface area (Å²) in [6.45, 7) is 6.17. The number of hydrogen-bond acceptors (Lipinski definition) is 5. The molecule has 43 heavy (non-hydrogen) atoms. The van der Waals surface area contributed by atoms with E-state index in [4.69, 9.17) is 0 Å². The van der Waals surface area contributed by atoms with E-state index >= 15 is 0 Å². The summed E-state index contributed by atoms with van der Waals surface area (Å²) in [6, 6.07) is 0. The molecule has 0 rings (SSSR count). The van der Waals surface area contributed by atoms with Gasteiger partial charge < -0.3 is 0 Å². The van der Waals surface area contributed by atoms with Crippen molar-refractivity contribution in [3.05, 3.63) is 0 Å². The van der Waals surface area contributed by atoms with Crippen LogP contribution in [0.25, 0.3) is 0 Å². The maximum absolute atomic E-state index is 13.4. The molecule has 0 unspecified atom stereocenters. The molecule has 0 saturated heterocycles. The SMILES string of the molecule is CCCCCCCC[PH](CCCCCCCC)(CCCCCCCC)CC(=O)N(S(=O)(=O)C(F)(F)F)S(=O)(=O)C(F)(F)F. The van der Waals surface area contributed by atoms with Crippen LogP contribution in [-0.2, 0) is 24.8 Å². The van der Waals surface area contributed by atoms with E-state index in [9.17, 15) is 48.0 Å². The van der Waals surface area contributed by atoms with E-state index in [-0.39, 0.29) is 0 Å². The van der Waals surface area contributed by atoms with Gasteiger partial charge >= 0.3 is 257 Å². The molecule has 0 aliphatic rings. The predicted molar refractivity (Wildman–Crippen MR) is 165 cm³/mol. The Morgan fingerprint density at radius 3 is 1.02 bits per heavy atom. The van der Waals surface area contributed by atoms with Gasteiger partial charge in [0.25, 0.3) is 0 Å². The Bertz CT molecular complexity index is 904. The van der Waals surface area contributed by atoms with E-state index in [0.717, 1.165) is 96.3 Å². The number of hydrogen-bond donors (Lipinski definition) is 0. The molecule has 0 aromatic rings. The molecule has 0 fully saturated rings. The number of alkyl halides is 6. The van der Waals surface area contributed by atoms with Crippen LogP contribution in [0.15, 0.2) is 0 Å². The first kappa shape index (κ1) is 42.4. The summed E-state index contributed by atoms with van der Waals surface area (Å²) in [7, 11) is -17.4. The summed E-state index contributed by atoms with van der Waals surface area (Å²) in [4.78, 5) is 13.3. The molecule has 0 aromatic carbocycles. The zero-order valence-electron chi connectivity index (χ0n) is 26.1. The Kier molecular flexibility index (Phi) is 20.2. The molecule has 0 atom stereocenters.